The van der Waals surface area contributed by atoms with Gasteiger partial charge in [-0.15, -0.1) is 0 Å². The molecule has 0 aliphatic rings. The topological polar surface area (TPSA) is 83.6 Å². The highest BCUT2D eigenvalue weighted by Crippen LogP contribution is 2.28. The standard InChI is InChI=1S/C14H15FN2O3S/c1-2-17(11-5-3-10(15)4-6-11)21(19,20)12-7-8-14(18)13(16)9-12/h3-9,18H,2,16H2,1H3. The molecule has 0 heterocycles. The predicted molar refractivity (Wildman–Crippen MR) is 79.1 cm³/mol. The van der Waals surface area contributed by atoms with E-state index in [1.54, 1.807) is 6.92 Å². The van der Waals surface area contributed by atoms with E-state index in [0.717, 1.165) is 4.31 Å². The molecule has 0 atom stereocenters. The van der Waals surface area contributed by atoms with E-state index in [9.17, 15) is 17.9 Å². The van der Waals surface area contributed by atoms with Gasteiger partial charge in [0, 0.05) is 6.54 Å². The number of rotatable bonds is 4. The maximum absolute atomic E-state index is 13.0. The highest BCUT2D eigenvalue weighted by atomic mass is 32.2. The summed E-state index contributed by atoms with van der Waals surface area (Å²) in [5, 5.41) is 9.38. The first-order valence-electron chi connectivity index (χ1n) is 6.23. The number of phenols is 1. The highest BCUT2D eigenvalue weighted by Gasteiger charge is 2.24. The maximum atomic E-state index is 13.0. The van der Waals surface area contributed by atoms with E-state index >= 15 is 0 Å². The van der Waals surface area contributed by atoms with Crippen LogP contribution in [0.15, 0.2) is 47.4 Å². The summed E-state index contributed by atoms with van der Waals surface area (Å²) in [6, 6.07) is 8.85. The second-order valence-electron chi connectivity index (χ2n) is 4.37. The first-order valence-corrected chi connectivity index (χ1v) is 7.67. The number of nitrogens with zero attached hydrogens (tertiary/aromatic N) is 1. The zero-order valence-corrected chi connectivity index (χ0v) is 12.1. The quantitative estimate of drug-likeness (QED) is 0.670. The van der Waals surface area contributed by atoms with Crippen LogP contribution in [0.2, 0.25) is 0 Å². The summed E-state index contributed by atoms with van der Waals surface area (Å²) in [5.41, 5.74) is 5.87. The van der Waals surface area contributed by atoms with E-state index in [4.69, 9.17) is 5.73 Å². The van der Waals surface area contributed by atoms with Gasteiger partial charge in [-0.2, -0.15) is 0 Å². The number of benzene rings is 2. The van der Waals surface area contributed by atoms with Gasteiger partial charge in [0.2, 0.25) is 0 Å². The Kier molecular flexibility index (Phi) is 4.04. The fourth-order valence-corrected chi connectivity index (χ4v) is 3.43. The van der Waals surface area contributed by atoms with E-state index in [-0.39, 0.29) is 22.9 Å². The Labute approximate surface area is 122 Å². The average Bonchev–Trinajstić information content (AvgIpc) is 2.44. The zero-order chi connectivity index (χ0) is 15.6. The second kappa shape index (κ2) is 5.61. The molecule has 0 aromatic heterocycles. The molecule has 0 amide bonds. The van der Waals surface area contributed by atoms with Gasteiger partial charge in [-0.3, -0.25) is 4.31 Å². The van der Waals surface area contributed by atoms with Crippen LogP contribution in [0.5, 0.6) is 5.75 Å². The third-order valence-corrected chi connectivity index (χ3v) is 4.89. The van der Waals surface area contributed by atoms with Crippen LogP contribution in [0.4, 0.5) is 15.8 Å². The third-order valence-electron chi connectivity index (χ3n) is 2.99. The van der Waals surface area contributed by atoms with E-state index in [1.807, 2.05) is 0 Å². The minimum atomic E-state index is -3.84. The van der Waals surface area contributed by atoms with Crippen LogP contribution >= 0.6 is 0 Å². The summed E-state index contributed by atoms with van der Waals surface area (Å²) in [4.78, 5) is -0.0380. The number of phenolic OH excluding ortho intramolecular Hbond substituents is 1. The molecule has 0 unspecified atom stereocenters. The number of anilines is 2. The van der Waals surface area contributed by atoms with Gasteiger partial charge in [0.1, 0.15) is 11.6 Å². The Morgan fingerprint density at radius 1 is 1.19 bits per heavy atom. The van der Waals surface area contributed by atoms with Crippen LogP contribution in [-0.2, 0) is 10.0 Å². The van der Waals surface area contributed by atoms with Crippen LogP contribution in [-0.4, -0.2) is 20.1 Å². The predicted octanol–water partition coefficient (Wildman–Crippen LogP) is 2.33. The molecule has 2 aromatic carbocycles. The number of nitrogens with two attached hydrogens (primary N) is 1. The Balaban J connectivity index is 2.49. The van der Waals surface area contributed by atoms with Crippen LogP contribution in [0.3, 0.4) is 0 Å². The lowest BCUT2D eigenvalue weighted by molar-refractivity contribution is 0.477. The van der Waals surface area contributed by atoms with Crippen LogP contribution in [0.25, 0.3) is 0 Å². The van der Waals surface area contributed by atoms with Crippen molar-refractivity contribution in [1.82, 2.24) is 0 Å². The molecule has 0 bridgehead atoms. The van der Waals surface area contributed by atoms with Gasteiger partial charge in [-0.05, 0) is 49.4 Å². The molecule has 0 saturated heterocycles. The molecular weight excluding hydrogens is 295 g/mol. The summed E-state index contributed by atoms with van der Waals surface area (Å²) in [6.45, 7) is 1.85. The molecule has 112 valence electrons. The Bertz CT molecular complexity index is 745. The third kappa shape index (κ3) is 2.92. The molecular formula is C14H15FN2O3S. The van der Waals surface area contributed by atoms with Gasteiger partial charge < -0.3 is 10.8 Å². The summed E-state index contributed by atoms with van der Waals surface area (Å²) in [5.74, 6) is -0.625. The monoisotopic (exact) mass is 310 g/mol. The molecule has 21 heavy (non-hydrogen) atoms. The number of hydrogen-bond donors (Lipinski definition) is 2. The van der Waals surface area contributed by atoms with E-state index in [2.05, 4.69) is 0 Å². The smallest absolute Gasteiger partial charge is 0.264 e. The summed E-state index contributed by atoms with van der Waals surface area (Å²) in [6.07, 6.45) is 0. The summed E-state index contributed by atoms with van der Waals surface area (Å²) >= 11 is 0. The highest BCUT2D eigenvalue weighted by molar-refractivity contribution is 7.92. The van der Waals surface area contributed by atoms with Crippen molar-refractivity contribution in [3.63, 3.8) is 0 Å². The zero-order valence-electron chi connectivity index (χ0n) is 11.3. The van der Waals surface area contributed by atoms with Gasteiger partial charge in [0.15, 0.2) is 0 Å². The first-order chi connectivity index (χ1) is 9.86. The molecule has 7 heteroatoms. The minimum absolute atomic E-state index is 0.0220. The Hall–Kier alpha value is -2.28. The van der Waals surface area contributed by atoms with Crippen molar-refractivity contribution < 1.29 is 17.9 Å². The van der Waals surface area contributed by atoms with Crippen molar-refractivity contribution >= 4 is 21.4 Å². The lowest BCUT2D eigenvalue weighted by Gasteiger charge is -2.23. The molecule has 2 aromatic rings. The van der Waals surface area contributed by atoms with Gasteiger partial charge in [0.25, 0.3) is 10.0 Å². The first kappa shape index (κ1) is 15.1. The molecule has 0 aliphatic heterocycles. The lowest BCUT2D eigenvalue weighted by Crippen LogP contribution is -2.30. The SMILES string of the molecule is CCN(c1ccc(F)cc1)S(=O)(=O)c1ccc(O)c(N)c1. The van der Waals surface area contributed by atoms with Crippen molar-refractivity contribution in [2.45, 2.75) is 11.8 Å². The largest absolute Gasteiger partial charge is 0.506 e. The van der Waals surface area contributed by atoms with Crippen molar-refractivity contribution in [3.8, 4) is 5.75 Å². The van der Waals surface area contributed by atoms with Gasteiger partial charge >= 0.3 is 0 Å². The molecule has 0 spiro atoms. The maximum Gasteiger partial charge on any atom is 0.264 e. The van der Waals surface area contributed by atoms with Crippen LogP contribution in [0.1, 0.15) is 6.92 Å². The van der Waals surface area contributed by atoms with Gasteiger partial charge in [0.05, 0.1) is 16.3 Å². The second-order valence-corrected chi connectivity index (χ2v) is 6.23. The molecule has 0 saturated carbocycles. The normalized spacial score (nSPS) is 11.3. The van der Waals surface area contributed by atoms with Crippen LogP contribution < -0.4 is 10.0 Å². The fraction of sp³-hybridized carbons (Fsp3) is 0.143. The number of halogens is 1. The Morgan fingerprint density at radius 2 is 1.81 bits per heavy atom. The number of hydrogen-bond acceptors (Lipinski definition) is 4. The number of aromatic hydroxyl groups is 1. The van der Waals surface area contributed by atoms with Crippen molar-refractivity contribution in [1.29, 1.82) is 0 Å². The fourth-order valence-electron chi connectivity index (χ4n) is 1.92. The number of nitrogen functional groups attached to an aromatic ring is 1. The molecule has 2 rings (SSSR count). The Morgan fingerprint density at radius 3 is 2.33 bits per heavy atom. The molecule has 0 radical (unpaired) electrons. The molecule has 0 aliphatic carbocycles. The summed E-state index contributed by atoms with van der Waals surface area (Å²) < 4.78 is 39.3. The molecule has 0 fully saturated rings. The van der Waals surface area contributed by atoms with E-state index < -0.39 is 15.8 Å². The number of sulfonamides is 1. The van der Waals surface area contributed by atoms with Crippen molar-refractivity contribution in [3.05, 3.63) is 48.3 Å². The van der Waals surface area contributed by atoms with Gasteiger partial charge in [-0.1, -0.05) is 0 Å². The van der Waals surface area contributed by atoms with Gasteiger partial charge in [-0.25, -0.2) is 12.8 Å². The van der Waals surface area contributed by atoms with Crippen molar-refractivity contribution in [2.75, 3.05) is 16.6 Å². The van der Waals surface area contributed by atoms with E-state index in [0.29, 0.717) is 5.69 Å². The van der Waals surface area contributed by atoms with Crippen molar-refractivity contribution in [2.24, 2.45) is 0 Å². The average molecular weight is 310 g/mol. The lowest BCUT2D eigenvalue weighted by atomic mass is 10.3. The minimum Gasteiger partial charge on any atom is -0.506 e. The molecule has 3 N–H and O–H groups in total. The molecule has 5 nitrogen and oxygen atoms in total. The van der Waals surface area contributed by atoms with Crippen LogP contribution in [0, 0.1) is 5.82 Å². The summed E-state index contributed by atoms with van der Waals surface area (Å²) in [7, 11) is -3.84. The van der Waals surface area contributed by atoms with E-state index in [1.165, 1.54) is 42.5 Å².